The number of aliphatic carboxylic acids is 1. The average Bonchev–Trinajstić information content (AvgIpc) is 2.47. The molecular formula is C15H25NO4. The maximum absolute atomic E-state index is 12.5. The number of amides is 1. The van der Waals surface area contributed by atoms with Crippen LogP contribution in [0, 0.1) is 11.8 Å². The van der Waals surface area contributed by atoms with E-state index in [0.29, 0.717) is 38.8 Å². The first kappa shape index (κ1) is 15.3. The highest BCUT2D eigenvalue weighted by Gasteiger charge is 2.37. The molecule has 2 aliphatic rings. The fraction of sp³-hybridized carbons (Fsp3) is 0.867. The third-order valence-electron chi connectivity index (χ3n) is 5.04. The van der Waals surface area contributed by atoms with E-state index in [-0.39, 0.29) is 17.7 Å². The lowest BCUT2D eigenvalue weighted by atomic mass is 9.80. The van der Waals surface area contributed by atoms with Crippen LogP contribution in [0.15, 0.2) is 0 Å². The van der Waals surface area contributed by atoms with Gasteiger partial charge in [-0.3, -0.25) is 9.59 Å². The van der Waals surface area contributed by atoms with Crippen molar-refractivity contribution in [2.75, 3.05) is 13.1 Å². The normalized spacial score (nSPS) is 30.0. The molecule has 1 saturated heterocycles. The van der Waals surface area contributed by atoms with Crippen molar-refractivity contribution in [3.05, 3.63) is 0 Å². The molecule has 2 atom stereocenters. The van der Waals surface area contributed by atoms with Gasteiger partial charge >= 0.3 is 5.97 Å². The van der Waals surface area contributed by atoms with Crippen molar-refractivity contribution in [2.24, 2.45) is 11.8 Å². The van der Waals surface area contributed by atoms with E-state index in [9.17, 15) is 14.7 Å². The molecule has 1 amide bonds. The van der Waals surface area contributed by atoms with E-state index in [0.717, 1.165) is 19.3 Å². The Kier molecular flexibility index (Phi) is 4.68. The summed E-state index contributed by atoms with van der Waals surface area (Å²) in [7, 11) is 0. The highest BCUT2D eigenvalue weighted by Crippen LogP contribution is 2.32. The van der Waals surface area contributed by atoms with Crippen molar-refractivity contribution < 1.29 is 19.8 Å². The third-order valence-corrected chi connectivity index (χ3v) is 5.04. The summed E-state index contributed by atoms with van der Waals surface area (Å²) in [6.07, 6.45) is 4.77. The Morgan fingerprint density at radius 3 is 2.35 bits per heavy atom. The van der Waals surface area contributed by atoms with Gasteiger partial charge in [0, 0.05) is 19.0 Å². The average molecular weight is 283 g/mol. The zero-order valence-electron chi connectivity index (χ0n) is 12.2. The smallest absolute Gasteiger partial charge is 0.306 e. The largest absolute Gasteiger partial charge is 0.481 e. The van der Waals surface area contributed by atoms with Crippen LogP contribution in [0.5, 0.6) is 0 Å². The molecule has 0 aromatic carbocycles. The first-order chi connectivity index (χ1) is 9.45. The van der Waals surface area contributed by atoms with Gasteiger partial charge in [0.1, 0.15) is 0 Å². The lowest BCUT2D eigenvalue weighted by molar-refractivity contribution is -0.146. The summed E-state index contributed by atoms with van der Waals surface area (Å²) in [6.45, 7) is 3.16. The van der Waals surface area contributed by atoms with Crippen molar-refractivity contribution in [1.82, 2.24) is 4.90 Å². The molecule has 1 aliphatic heterocycles. The summed E-state index contributed by atoms with van der Waals surface area (Å²) < 4.78 is 0. The number of carboxylic acid groups (broad SMARTS) is 1. The van der Waals surface area contributed by atoms with Crippen LogP contribution in [0.25, 0.3) is 0 Å². The highest BCUT2D eigenvalue weighted by molar-refractivity contribution is 5.80. The Balaban J connectivity index is 1.90. The van der Waals surface area contributed by atoms with Gasteiger partial charge in [-0.1, -0.05) is 13.3 Å². The summed E-state index contributed by atoms with van der Waals surface area (Å²) in [6, 6.07) is 0. The molecule has 2 unspecified atom stereocenters. The fourth-order valence-corrected chi connectivity index (χ4v) is 3.39. The number of aliphatic hydroxyl groups is 1. The second kappa shape index (κ2) is 6.12. The number of hydrogen-bond donors (Lipinski definition) is 2. The second-order valence-corrected chi connectivity index (χ2v) is 6.30. The number of piperidine rings is 1. The van der Waals surface area contributed by atoms with Gasteiger partial charge in [-0.25, -0.2) is 0 Å². The monoisotopic (exact) mass is 283 g/mol. The summed E-state index contributed by atoms with van der Waals surface area (Å²) in [5.41, 5.74) is -0.618. The Morgan fingerprint density at radius 2 is 1.80 bits per heavy atom. The minimum Gasteiger partial charge on any atom is -0.481 e. The summed E-state index contributed by atoms with van der Waals surface area (Å²) in [5, 5.41) is 19.3. The third kappa shape index (κ3) is 3.32. The summed E-state index contributed by atoms with van der Waals surface area (Å²) >= 11 is 0. The van der Waals surface area contributed by atoms with E-state index in [4.69, 9.17) is 5.11 Å². The molecule has 2 rings (SSSR count). The van der Waals surface area contributed by atoms with Gasteiger partial charge in [0.15, 0.2) is 0 Å². The minimum absolute atomic E-state index is 0.0918. The SMILES string of the molecule is CCC1(O)CCN(C(=O)C2CCCC(C(=O)O)C2)CC1. The van der Waals surface area contributed by atoms with Gasteiger partial charge in [0.05, 0.1) is 11.5 Å². The van der Waals surface area contributed by atoms with Crippen molar-refractivity contribution >= 4 is 11.9 Å². The van der Waals surface area contributed by atoms with Gasteiger partial charge in [0.2, 0.25) is 5.91 Å². The molecule has 2 N–H and O–H groups in total. The van der Waals surface area contributed by atoms with Crippen LogP contribution < -0.4 is 0 Å². The zero-order valence-corrected chi connectivity index (χ0v) is 12.2. The maximum Gasteiger partial charge on any atom is 0.306 e. The van der Waals surface area contributed by atoms with Crippen molar-refractivity contribution in [2.45, 2.75) is 57.5 Å². The number of rotatable bonds is 3. The van der Waals surface area contributed by atoms with Crippen molar-refractivity contribution in [3.8, 4) is 0 Å². The van der Waals surface area contributed by atoms with Gasteiger partial charge in [-0.05, 0) is 38.5 Å². The van der Waals surface area contributed by atoms with Crippen LogP contribution in [0.3, 0.4) is 0 Å². The van der Waals surface area contributed by atoms with Crippen LogP contribution >= 0.6 is 0 Å². The van der Waals surface area contributed by atoms with E-state index in [1.54, 1.807) is 0 Å². The molecule has 20 heavy (non-hydrogen) atoms. The first-order valence-electron chi connectivity index (χ1n) is 7.69. The van der Waals surface area contributed by atoms with Gasteiger partial charge < -0.3 is 15.1 Å². The van der Waals surface area contributed by atoms with Crippen molar-refractivity contribution in [1.29, 1.82) is 0 Å². The Labute approximate surface area is 120 Å². The summed E-state index contributed by atoms with van der Waals surface area (Å²) in [5.74, 6) is -1.19. The molecule has 0 bridgehead atoms. The standard InChI is InChI=1S/C15H25NO4/c1-2-15(20)6-8-16(9-7-15)13(17)11-4-3-5-12(10-11)14(18)19/h11-12,20H,2-10H2,1H3,(H,18,19). The quantitative estimate of drug-likeness (QED) is 0.825. The lowest BCUT2D eigenvalue weighted by Crippen LogP contribution is -2.48. The number of carbonyl (C=O) groups is 2. The van der Waals surface area contributed by atoms with Gasteiger partial charge in [-0.2, -0.15) is 0 Å². The van der Waals surface area contributed by atoms with Crippen LogP contribution in [-0.2, 0) is 9.59 Å². The fourth-order valence-electron chi connectivity index (χ4n) is 3.39. The molecule has 0 aromatic rings. The molecule has 0 spiro atoms. The summed E-state index contributed by atoms with van der Waals surface area (Å²) in [4.78, 5) is 25.4. The molecule has 5 heteroatoms. The molecule has 0 aromatic heterocycles. The molecule has 5 nitrogen and oxygen atoms in total. The molecular weight excluding hydrogens is 258 g/mol. The predicted molar refractivity (Wildman–Crippen MR) is 74.1 cm³/mol. The van der Waals surface area contributed by atoms with E-state index < -0.39 is 11.6 Å². The van der Waals surface area contributed by atoms with Gasteiger partial charge in [-0.15, -0.1) is 0 Å². The number of likely N-dealkylation sites (tertiary alicyclic amines) is 1. The molecule has 114 valence electrons. The Hall–Kier alpha value is -1.10. The Morgan fingerprint density at radius 1 is 1.20 bits per heavy atom. The van der Waals surface area contributed by atoms with Crippen molar-refractivity contribution in [3.63, 3.8) is 0 Å². The van der Waals surface area contributed by atoms with E-state index >= 15 is 0 Å². The number of carboxylic acids is 1. The maximum atomic E-state index is 12.5. The van der Waals surface area contributed by atoms with Gasteiger partial charge in [0.25, 0.3) is 0 Å². The molecule has 1 saturated carbocycles. The van der Waals surface area contributed by atoms with E-state index in [1.807, 2.05) is 11.8 Å². The predicted octanol–water partition coefficient (Wildman–Crippen LogP) is 1.64. The molecule has 1 aliphatic carbocycles. The van der Waals surface area contributed by atoms with E-state index in [1.165, 1.54) is 0 Å². The molecule has 1 heterocycles. The number of hydrogen-bond acceptors (Lipinski definition) is 3. The number of nitrogens with zero attached hydrogens (tertiary/aromatic N) is 1. The zero-order chi connectivity index (χ0) is 14.8. The van der Waals surface area contributed by atoms with E-state index in [2.05, 4.69) is 0 Å². The first-order valence-corrected chi connectivity index (χ1v) is 7.69. The minimum atomic E-state index is -0.776. The Bertz CT molecular complexity index is 374. The van der Waals surface area contributed by atoms with Crippen LogP contribution in [0.1, 0.15) is 51.9 Å². The van der Waals surface area contributed by atoms with Crippen LogP contribution in [0.4, 0.5) is 0 Å². The topological polar surface area (TPSA) is 77.8 Å². The highest BCUT2D eigenvalue weighted by atomic mass is 16.4. The van der Waals surface area contributed by atoms with Crippen LogP contribution in [0.2, 0.25) is 0 Å². The lowest BCUT2D eigenvalue weighted by Gasteiger charge is -2.39. The molecule has 0 radical (unpaired) electrons. The molecule has 2 fully saturated rings. The van der Waals surface area contributed by atoms with Crippen LogP contribution in [-0.4, -0.2) is 45.7 Å². The second-order valence-electron chi connectivity index (χ2n) is 6.30. The number of carbonyl (C=O) groups excluding carboxylic acids is 1.